The molecule has 0 saturated carbocycles. The summed E-state index contributed by atoms with van der Waals surface area (Å²) in [7, 11) is 0. The molecule has 1 unspecified atom stereocenters. The number of hydrogen-bond donors (Lipinski definition) is 1. The van der Waals surface area contributed by atoms with Gasteiger partial charge in [0.15, 0.2) is 6.10 Å². The predicted molar refractivity (Wildman–Crippen MR) is 59.8 cm³/mol. The van der Waals surface area contributed by atoms with Crippen LogP contribution >= 0.6 is 11.8 Å². The van der Waals surface area contributed by atoms with Gasteiger partial charge in [-0.3, -0.25) is 0 Å². The van der Waals surface area contributed by atoms with Crippen LogP contribution in [0.25, 0.3) is 0 Å². The van der Waals surface area contributed by atoms with Gasteiger partial charge in [-0.15, -0.1) is 11.8 Å². The predicted octanol–water partition coefficient (Wildman–Crippen LogP) is 2.14. The summed E-state index contributed by atoms with van der Waals surface area (Å²) in [5.74, 6) is -1.22. The molecule has 1 N–H and O–H groups in total. The summed E-state index contributed by atoms with van der Waals surface area (Å²) in [6.45, 7) is 1.82. The number of esters is 1. The summed E-state index contributed by atoms with van der Waals surface area (Å²) in [6, 6.07) is 4.18. The molecule has 0 fully saturated rings. The van der Waals surface area contributed by atoms with Gasteiger partial charge in [-0.1, -0.05) is 6.07 Å². The van der Waals surface area contributed by atoms with Crippen molar-refractivity contribution >= 4 is 17.7 Å². The molecule has 0 aromatic heterocycles. The monoisotopic (exact) mass is 244 g/mol. The lowest BCUT2D eigenvalue weighted by atomic mass is 10.1. The van der Waals surface area contributed by atoms with E-state index in [0.29, 0.717) is 4.90 Å². The minimum atomic E-state index is -1.43. The molecule has 1 rings (SSSR count). The summed E-state index contributed by atoms with van der Waals surface area (Å²) in [6.07, 6.45) is 0.324. The van der Waals surface area contributed by atoms with Gasteiger partial charge in [0.1, 0.15) is 5.82 Å². The molecule has 0 heterocycles. The molecule has 5 heteroatoms. The van der Waals surface area contributed by atoms with Crippen LogP contribution in [0, 0.1) is 5.82 Å². The van der Waals surface area contributed by atoms with Crippen LogP contribution in [0.4, 0.5) is 4.39 Å². The average Bonchev–Trinajstić information content (AvgIpc) is 2.28. The zero-order valence-electron chi connectivity index (χ0n) is 9.07. The molecule has 16 heavy (non-hydrogen) atoms. The van der Waals surface area contributed by atoms with Crippen molar-refractivity contribution in [2.75, 3.05) is 12.9 Å². The standard InChI is InChI=1S/C11H13FO3S/c1-3-15-11(14)10(13)7-4-5-9(16-2)8(12)6-7/h4-6,10,13H,3H2,1-2H3. The van der Waals surface area contributed by atoms with E-state index < -0.39 is 17.9 Å². The van der Waals surface area contributed by atoms with Gasteiger partial charge in [0.2, 0.25) is 0 Å². The second-order valence-corrected chi connectivity index (χ2v) is 3.90. The third kappa shape index (κ3) is 2.96. The molecule has 1 aromatic rings. The molecule has 0 aliphatic carbocycles. The highest BCUT2D eigenvalue weighted by Gasteiger charge is 2.19. The number of rotatable bonds is 4. The number of aliphatic hydroxyl groups excluding tert-OH is 1. The van der Waals surface area contributed by atoms with Crippen molar-refractivity contribution in [3.8, 4) is 0 Å². The maximum atomic E-state index is 13.4. The van der Waals surface area contributed by atoms with Crippen LogP contribution < -0.4 is 0 Å². The number of benzene rings is 1. The normalized spacial score (nSPS) is 12.2. The van der Waals surface area contributed by atoms with Crippen LogP contribution in [-0.4, -0.2) is 23.9 Å². The SMILES string of the molecule is CCOC(=O)C(O)c1ccc(SC)c(F)c1. The van der Waals surface area contributed by atoms with Crippen LogP contribution in [0.2, 0.25) is 0 Å². The van der Waals surface area contributed by atoms with Gasteiger partial charge in [0.25, 0.3) is 0 Å². The van der Waals surface area contributed by atoms with Gasteiger partial charge >= 0.3 is 5.97 Å². The molecule has 0 amide bonds. The molecule has 0 saturated heterocycles. The molecule has 0 spiro atoms. The number of carbonyl (C=O) groups excluding carboxylic acids is 1. The van der Waals surface area contributed by atoms with Crippen molar-refractivity contribution in [2.24, 2.45) is 0 Å². The zero-order chi connectivity index (χ0) is 12.1. The minimum absolute atomic E-state index is 0.182. The molecule has 0 aliphatic rings. The Hall–Kier alpha value is -1.07. The molecule has 0 radical (unpaired) electrons. The van der Waals surface area contributed by atoms with Crippen molar-refractivity contribution in [3.05, 3.63) is 29.6 Å². The van der Waals surface area contributed by atoms with Gasteiger partial charge in [-0.2, -0.15) is 0 Å². The molecular formula is C11H13FO3S. The second-order valence-electron chi connectivity index (χ2n) is 3.05. The van der Waals surface area contributed by atoms with Gasteiger partial charge in [0, 0.05) is 4.90 Å². The van der Waals surface area contributed by atoms with Crippen LogP contribution in [0.5, 0.6) is 0 Å². The lowest BCUT2D eigenvalue weighted by molar-refractivity contribution is -0.153. The number of thioether (sulfide) groups is 1. The molecule has 1 atom stereocenters. The van der Waals surface area contributed by atoms with E-state index in [-0.39, 0.29) is 12.2 Å². The van der Waals surface area contributed by atoms with Gasteiger partial charge < -0.3 is 9.84 Å². The highest BCUT2D eigenvalue weighted by molar-refractivity contribution is 7.98. The fourth-order valence-corrected chi connectivity index (χ4v) is 1.67. The van der Waals surface area contributed by atoms with E-state index in [2.05, 4.69) is 4.74 Å². The quantitative estimate of drug-likeness (QED) is 0.651. The highest BCUT2D eigenvalue weighted by Crippen LogP contribution is 2.23. The van der Waals surface area contributed by atoms with Gasteiger partial charge in [-0.25, -0.2) is 9.18 Å². The Morgan fingerprint density at radius 3 is 2.81 bits per heavy atom. The van der Waals surface area contributed by atoms with E-state index in [1.165, 1.54) is 23.9 Å². The van der Waals surface area contributed by atoms with Gasteiger partial charge in [-0.05, 0) is 30.9 Å². The topological polar surface area (TPSA) is 46.5 Å². The molecule has 3 nitrogen and oxygen atoms in total. The zero-order valence-corrected chi connectivity index (χ0v) is 9.88. The van der Waals surface area contributed by atoms with Crippen molar-refractivity contribution in [2.45, 2.75) is 17.9 Å². The molecule has 0 aliphatic heterocycles. The van der Waals surface area contributed by atoms with Crippen LogP contribution in [0.1, 0.15) is 18.6 Å². The number of halogens is 1. The Balaban J connectivity index is 2.88. The maximum absolute atomic E-state index is 13.4. The third-order valence-corrected chi connectivity index (χ3v) is 2.77. The summed E-state index contributed by atoms with van der Waals surface area (Å²) in [5, 5.41) is 9.56. The first-order valence-corrected chi connectivity index (χ1v) is 6.00. The van der Waals surface area contributed by atoms with Gasteiger partial charge in [0.05, 0.1) is 6.61 Å². The number of ether oxygens (including phenoxy) is 1. The largest absolute Gasteiger partial charge is 0.464 e. The van der Waals surface area contributed by atoms with E-state index in [1.54, 1.807) is 13.2 Å². The first-order chi connectivity index (χ1) is 7.60. The Morgan fingerprint density at radius 1 is 1.62 bits per heavy atom. The van der Waals surface area contributed by atoms with Crippen molar-refractivity contribution < 1.29 is 19.0 Å². The lowest BCUT2D eigenvalue weighted by Crippen LogP contribution is -2.15. The molecule has 88 valence electrons. The first kappa shape index (κ1) is 13.0. The van der Waals surface area contributed by atoms with Crippen molar-refractivity contribution in [1.29, 1.82) is 0 Å². The molecule has 1 aromatic carbocycles. The van der Waals surface area contributed by atoms with Crippen LogP contribution in [0.15, 0.2) is 23.1 Å². The Labute approximate surface area is 97.6 Å². The smallest absolute Gasteiger partial charge is 0.339 e. The van der Waals surface area contributed by atoms with Crippen molar-refractivity contribution in [1.82, 2.24) is 0 Å². The number of hydrogen-bond acceptors (Lipinski definition) is 4. The summed E-state index contributed by atoms with van der Waals surface area (Å²) < 4.78 is 18.0. The van der Waals surface area contributed by atoms with Crippen LogP contribution in [-0.2, 0) is 9.53 Å². The summed E-state index contributed by atoms with van der Waals surface area (Å²) >= 11 is 1.26. The Morgan fingerprint density at radius 2 is 2.31 bits per heavy atom. The number of aliphatic hydroxyl groups is 1. The fourth-order valence-electron chi connectivity index (χ4n) is 1.21. The highest BCUT2D eigenvalue weighted by atomic mass is 32.2. The minimum Gasteiger partial charge on any atom is -0.464 e. The van der Waals surface area contributed by atoms with Crippen molar-refractivity contribution in [3.63, 3.8) is 0 Å². The Bertz CT molecular complexity index is 381. The third-order valence-electron chi connectivity index (χ3n) is 2.00. The van der Waals surface area contributed by atoms with Crippen LogP contribution in [0.3, 0.4) is 0 Å². The molecular weight excluding hydrogens is 231 g/mol. The maximum Gasteiger partial charge on any atom is 0.339 e. The van der Waals surface area contributed by atoms with E-state index in [0.717, 1.165) is 6.07 Å². The summed E-state index contributed by atoms with van der Waals surface area (Å²) in [5.41, 5.74) is 0.203. The average molecular weight is 244 g/mol. The Kier molecular flexibility index (Phi) is 4.76. The van der Waals surface area contributed by atoms with E-state index >= 15 is 0 Å². The van der Waals surface area contributed by atoms with E-state index in [9.17, 15) is 14.3 Å². The fraction of sp³-hybridized carbons (Fsp3) is 0.364. The summed E-state index contributed by atoms with van der Waals surface area (Å²) in [4.78, 5) is 11.7. The number of carbonyl (C=O) groups is 1. The van der Waals surface area contributed by atoms with E-state index in [4.69, 9.17) is 0 Å². The first-order valence-electron chi connectivity index (χ1n) is 4.78. The second kappa shape index (κ2) is 5.86. The lowest BCUT2D eigenvalue weighted by Gasteiger charge is -2.10. The molecule has 0 bridgehead atoms. The van der Waals surface area contributed by atoms with E-state index in [1.807, 2.05) is 0 Å².